The minimum Gasteiger partial charge on any atom is -0.348 e. The van der Waals surface area contributed by atoms with Crippen molar-refractivity contribution in [1.29, 1.82) is 0 Å². The number of hydrogen-bond donors (Lipinski definition) is 0. The van der Waals surface area contributed by atoms with Crippen LogP contribution in [0.5, 0.6) is 0 Å². The molecule has 3 heteroatoms. The van der Waals surface area contributed by atoms with E-state index in [0.717, 1.165) is 38.9 Å². The number of rotatable bonds is 0. The Morgan fingerprint density at radius 2 is 1.74 bits per heavy atom. The first kappa shape index (κ1) is 13.3. The van der Waals surface area contributed by atoms with Crippen molar-refractivity contribution in [2.24, 2.45) is 10.8 Å². The third-order valence-electron chi connectivity index (χ3n) is 5.10. The van der Waals surface area contributed by atoms with Crippen LogP contribution in [-0.4, -0.2) is 24.8 Å². The lowest BCUT2D eigenvalue weighted by Gasteiger charge is -2.57. The summed E-state index contributed by atoms with van der Waals surface area (Å²) in [6.07, 6.45) is 6.35. The van der Waals surface area contributed by atoms with E-state index in [1.165, 1.54) is 5.57 Å². The van der Waals surface area contributed by atoms with E-state index in [2.05, 4.69) is 20.8 Å². The Labute approximate surface area is 115 Å². The van der Waals surface area contributed by atoms with E-state index in [9.17, 15) is 4.79 Å². The van der Waals surface area contributed by atoms with Crippen molar-refractivity contribution in [2.45, 2.75) is 58.7 Å². The molecule has 3 rings (SSSR count). The lowest BCUT2D eigenvalue weighted by molar-refractivity contribution is -0.347. The molecular formula is C16H24O3. The molecule has 3 aliphatic rings. The smallest absolute Gasteiger partial charge is 0.177 e. The minimum atomic E-state index is -0.493. The molecular weight excluding hydrogens is 240 g/mol. The van der Waals surface area contributed by atoms with Crippen LogP contribution in [0.1, 0.15) is 52.9 Å². The van der Waals surface area contributed by atoms with Gasteiger partial charge in [0.2, 0.25) is 0 Å². The van der Waals surface area contributed by atoms with E-state index in [1.807, 2.05) is 6.08 Å². The maximum atomic E-state index is 11.7. The monoisotopic (exact) mass is 264 g/mol. The Balaban J connectivity index is 1.94. The van der Waals surface area contributed by atoms with Crippen LogP contribution in [-0.2, 0) is 14.3 Å². The lowest BCUT2D eigenvalue weighted by Crippen LogP contribution is -2.60. The second-order valence-electron chi connectivity index (χ2n) is 7.32. The van der Waals surface area contributed by atoms with Gasteiger partial charge in [-0.3, -0.25) is 4.79 Å². The molecule has 19 heavy (non-hydrogen) atoms. The summed E-state index contributed by atoms with van der Waals surface area (Å²) in [7, 11) is 0. The SMILES string of the molecule is CC1(C)COC2(CCCC3=CC(=O)CC[C@]32C)OC1. The van der Waals surface area contributed by atoms with Crippen LogP contribution in [0.15, 0.2) is 11.6 Å². The summed E-state index contributed by atoms with van der Waals surface area (Å²) in [5, 5.41) is 0. The van der Waals surface area contributed by atoms with Crippen molar-refractivity contribution < 1.29 is 14.3 Å². The number of ketones is 1. The van der Waals surface area contributed by atoms with Gasteiger partial charge in [0.25, 0.3) is 0 Å². The van der Waals surface area contributed by atoms with Gasteiger partial charge in [-0.05, 0) is 25.3 Å². The van der Waals surface area contributed by atoms with Gasteiger partial charge in [0, 0.05) is 23.7 Å². The van der Waals surface area contributed by atoms with Crippen LogP contribution in [0.25, 0.3) is 0 Å². The largest absolute Gasteiger partial charge is 0.348 e. The number of hydrogen-bond acceptors (Lipinski definition) is 3. The predicted octanol–water partition coefficient (Wildman–Crippen LogP) is 3.24. The number of allylic oxidation sites excluding steroid dienone is 1. The minimum absolute atomic E-state index is 0.0907. The molecule has 3 nitrogen and oxygen atoms in total. The molecule has 0 aromatic heterocycles. The van der Waals surface area contributed by atoms with Gasteiger partial charge in [-0.2, -0.15) is 0 Å². The Morgan fingerprint density at radius 3 is 2.42 bits per heavy atom. The molecule has 1 aliphatic heterocycles. The van der Waals surface area contributed by atoms with Crippen LogP contribution in [0.3, 0.4) is 0 Å². The molecule has 1 saturated heterocycles. The van der Waals surface area contributed by atoms with E-state index in [-0.39, 0.29) is 16.6 Å². The third-order valence-corrected chi connectivity index (χ3v) is 5.10. The van der Waals surface area contributed by atoms with E-state index in [1.54, 1.807) is 0 Å². The quantitative estimate of drug-likeness (QED) is 0.674. The molecule has 0 amide bonds. The summed E-state index contributed by atoms with van der Waals surface area (Å²) in [6.45, 7) is 8.05. The average molecular weight is 264 g/mol. The fourth-order valence-electron chi connectivity index (χ4n) is 3.70. The molecule has 0 aromatic carbocycles. The molecule has 0 radical (unpaired) electrons. The molecule has 0 unspecified atom stereocenters. The van der Waals surface area contributed by atoms with Gasteiger partial charge in [0.05, 0.1) is 13.2 Å². The number of carbonyl (C=O) groups excluding carboxylic acids is 1. The number of fused-ring (bicyclic) bond motifs is 2. The first-order valence-corrected chi connectivity index (χ1v) is 7.39. The number of ether oxygens (including phenoxy) is 2. The van der Waals surface area contributed by atoms with Crippen molar-refractivity contribution in [3.05, 3.63) is 11.6 Å². The Morgan fingerprint density at radius 1 is 1.05 bits per heavy atom. The van der Waals surface area contributed by atoms with E-state index in [4.69, 9.17) is 9.47 Å². The number of carbonyl (C=O) groups is 1. The maximum absolute atomic E-state index is 11.7. The molecule has 106 valence electrons. The first-order chi connectivity index (χ1) is 8.87. The Hall–Kier alpha value is -0.670. The fourth-order valence-corrected chi connectivity index (χ4v) is 3.70. The summed E-state index contributed by atoms with van der Waals surface area (Å²) in [6, 6.07) is 0. The summed E-state index contributed by atoms with van der Waals surface area (Å²) in [4.78, 5) is 11.7. The zero-order chi connectivity index (χ0) is 13.7. The molecule has 2 aliphatic carbocycles. The van der Waals surface area contributed by atoms with Gasteiger partial charge in [-0.15, -0.1) is 0 Å². The van der Waals surface area contributed by atoms with E-state index >= 15 is 0 Å². The molecule has 1 atom stereocenters. The van der Waals surface area contributed by atoms with Gasteiger partial charge < -0.3 is 9.47 Å². The highest BCUT2D eigenvalue weighted by Crippen LogP contribution is 2.56. The predicted molar refractivity (Wildman–Crippen MR) is 72.7 cm³/mol. The second kappa shape index (κ2) is 4.16. The lowest BCUT2D eigenvalue weighted by atomic mass is 9.61. The molecule has 0 N–H and O–H groups in total. The van der Waals surface area contributed by atoms with Crippen molar-refractivity contribution in [3.63, 3.8) is 0 Å². The topological polar surface area (TPSA) is 35.5 Å². The molecule has 1 saturated carbocycles. The van der Waals surface area contributed by atoms with Gasteiger partial charge in [0.1, 0.15) is 0 Å². The summed E-state index contributed by atoms with van der Waals surface area (Å²) < 4.78 is 12.5. The van der Waals surface area contributed by atoms with Crippen LogP contribution in [0.2, 0.25) is 0 Å². The summed E-state index contributed by atoms with van der Waals surface area (Å²) in [5.74, 6) is -0.228. The van der Waals surface area contributed by atoms with Crippen molar-refractivity contribution in [2.75, 3.05) is 13.2 Å². The van der Waals surface area contributed by atoms with Crippen molar-refractivity contribution in [1.82, 2.24) is 0 Å². The maximum Gasteiger partial charge on any atom is 0.177 e. The van der Waals surface area contributed by atoms with Gasteiger partial charge in [-0.25, -0.2) is 0 Å². The Kier molecular flexibility index (Phi) is 2.92. The van der Waals surface area contributed by atoms with E-state index in [0.29, 0.717) is 6.42 Å². The second-order valence-corrected chi connectivity index (χ2v) is 7.32. The van der Waals surface area contributed by atoms with Crippen LogP contribution >= 0.6 is 0 Å². The molecule has 1 heterocycles. The molecule has 2 fully saturated rings. The summed E-state index contributed by atoms with van der Waals surface area (Å²) in [5.41, 5.74) is 1.22. The summed E-state index contributed by atoms with van der Waals surface area (Å²) >= 11 is 0. The van der Waals surface area contributed by atoms with Crippen LogP contribution in [0, 0.1) is 10.8 Å². The van der Waals surface area contributed by atoms with Gasteiger partial charge >= 0.3 is 0 Å². The normalized spacial score (nSPS) is 36.8. The molecule has 1 spiro atoms. The van der Waals surface area contributed by atoms with E-state index < -0.39 is 5.79 Å². The van der Waals surface area contributed by atoms with Crippen molar-refractivity contribution in [3.8, 4) is 0 Å². The zero-order valence-corrected chi connectivity index (χ0v) is 12.3. The molecule has 0 bridgehead atoms. The van der Waals surface area contributed by atoms with Gasteiger partial charge in [0.15, 0.2) is 11.6 Å². The zero-order valence-electron chi connectivity index (χ0n) is 12.3. The average Bonchev–Trinajstić information content (AvgIpc) is 2.35. The third kappa shape index (κ3) is 1.98. The highest BCUT2D eigenvalue weighted by Gasteiger charge is 2.57. The van der Waals surface area contributed by atoms with Crippen molar-refractivity contribution >= 4 is 5.78 Å². The highest BCUT2D eigenvalue weighted by molar-refractivity contribution is 5.91. The first-order valence-electron chi connectivity index (χ1n) is 7.39. The molecule has 0 aromatic rings. The van der Waals surface area contributed by atoms with Crippen LogP contribution in [0.4, 0.5) is 0 Å². The van der Waals surface area contributed by atoms with Gasteiger partial charge in [-0.1, -0.05) is 26.3 Å². The standard InChI is InChI=1S/C16H24O3/c1-14(2)10-18-16(19-11-14)7-4-5-12-9-13(17)6-8-15(12,16)3/h9H,4-8,10-11H2,1-3H3/t15-/m1/s1. The fraction of sp³-hybridized carbons (Fsp3) is 0.812. The highest BCUT2D eigenvalue weighted by atomic mass is 16.7. The Bertz CT molecular complexity index is 425. The van der Waals surface area contributed by atoms with Crippen LogP contribution < -0.4 is 0 Å².